The number of benzene rings is 1. The van der Waals surface area contributed by atoms with Crippen LogP contribution in [0.1, 0.15) is 37.7 Å². The number of aryl methyl sites for hydroxylation is 1. The van der Waals surface area contributed by atoms with Gasteiger partial charge < -0.3 is 4.90 Å². The van der Waals surface area contributed by atoms with Crippen molar-refractivity contribution in [1.82, 2.24) is 0 Å². The first-order valence-electron chi connectivity index (χ1n) is 6.11. The maximum absolute atomic E-state index is 3.25. The summed E-state index contributed by atoms with van der Waals surface area (Å²) in [4.78, 5) is 2.66. The molecule has 1 nitrogen and oxygen atoms in total. The lowest BCUT2D eigenvalue weighted by molar-refractivity contribution is 0.468. The fourth-order valence-corrected chi connectivity index (χ4v) is 3.26. The average Bonchev–Trinajstić information content (AvgIpc) is 2.49. The van der Waals surface area contributed by atoms with Crippen molar-refractivity contribution in [2.24, 2.45) is 0 Å². The van der Waals surface area contributed by atoms with Gasteiger partial charge in [0.1, 0.15) is 0 Å². The monoisotopic (exact) mass is 200 g/mol. The van der Waals surface area contributed by atoms with Crippen LogP contribution >= 0.6 is 0 Å². The minimum absolute atomic E-state index is 0.818. The summed E-state index contributed by atoms with van der Waals surface area (Å²) < 4.78 is 0. The van der Waals surface area contributed by atoms with E-state index in [9.17, 15) is 0 Å². The van der Waals surface area contributed by atoms with Crippen LogP contribution in [0, 0.1) is 13.0 Å². The van der Waals surface area contributed by atoms with Gasteiger partial charge in [-0.1, -0.05) is 6.07 Å². The third kappa shape index (κ3) is 1.54. The lowest BCUT2D eigenvalue weighted by Gasteiger charge is -2.37. The van der Waals surface area contributed by atoms with E-state index in [0.717, 1.165) is 12.1 Å². The lowest BCUT2D eigenvalue weighted by atomic mass is 10.0. The number of hydrogen-bond acceptors (Lipinski definition) is 1. The Morgan fingerprint density at radius 3 is 2.53 bits per heavy atom. The van der Waals surface area contributed by atoms with Crippen LogP contribution in [0.15, 0.2) is 18.2 Å². The summed E-state index contributed by atoms with van der Waals surface area (Å²) in [5.74, 6) is 0. The van der Waals surface area contributed by atoms with E-state index >= 15 is 0 Å². The predicted octanol–water partition coefficient (Wildman–Crippen LogP) is 3.32. The Morgan fingerprint density at radius 2 is 1.87 bits per heavy atom. The summed E-state index contributed by atoms with van der Waals surface area (Å²) >= 11 is 0. The third-order valence-corrected chi connectivity index (χ3v) is 3.91. The molecule has 3 rings (SSSR count). The van der Waals surface area contributed by atoms with Crippen LogP contribution in [0.25, 0.3) is 0 Å². The summed E-state index contributed by atoms with van der Waals surface area (Å²) in [5, 5.41) is 0. The molecule has 1 radical (unpaired) electrons. The molecule has 2 fully saturated rings. The van der Waals surface area contributed by atoms with E-state index in [1.807, 2.05) is 0 Å². The summed E-state index contributed by atoms with van der Waals surface area (Å²) in [7, 11) is 0. The van der Waals surface area contributed by atoms with Gasteiger partial charge in [-0.2, -0.15) is 0 Å². The molecule has 0 N–H and O–H groups in total. The smallest absolute Gasteiger partial charge is 0.0380 e. The minimum Gasteiger partial charge on any atom is -0.366 e. The molecule has 0 aromatic heterocycles. The van der Waals surface area contributed by atoms with Crippen LogP contribution in [-0.4, -0.2) is 12.1 Å². The molecule has 2 atom stereocenters. The molecule has 1 aromatic rings. The van der Waals surface area contributed by atoms with E-state index in [-0.39, 0.29) is 0 Å². The SMILES string of the molecule is Cc1c[c]cc(N2C3CCCC2CC3)c1. The van der Waals surface area contributed by atoms with Gasteiger partial charge in [0, 0.05) is 17.8 Å². The van der Waals surface area contributed by atoms with Gasteiger partial charge >= 0.3 is 0 Å². The molecule has 2 saturated heterocycles. The Labute approximate surface area is 92.1 Å². The lowest BCUT2D eigenvalue weighted by Crippen LogP contribution is -2.39. The van der Waals surface area contributed by atoms with Gasteiger partial charge in [0.25, 0.3) is 0 Å². The average molecular weight is 200 g/mol. The Morgan fingerprint density at radius 1 is 1.13 bits per heavy atom. The van der Waals surface area contributed by atoms with Crippen LogP contribution in [-0.2, 0) is 0 Å². The molecule has 0 amide bonds. The van der Waals surface area contributed by atoms with Crippen molar-refractivity contribution >= 4 is 5.69 Å². The van der Waals surface area contributed by atoms with Gasteiger partial charge in [0.05, 0.1) is 0 Å². The molecule has 79 valence electrons. The van der Waals surface area contributed by atoms with Gasteiger partial charge in [0.2, 0.25) is 0 Å². The first-order valence-corrected chi connectivity index (χ1v) is 6.11. The highest BCUT2D eigenvalue weighted by molar-refractivity contribution is 5.51. The molecule has 15 heavy (non-hydrogen) atoms. The number of hydrogen-bond donors (Lipinski definition) is 0. The number of anilines is 1. The van der Waals surface area contributed by atoms with E-state index < -0.39 is 0 Å². The van der Waals surface area contributed by atoms with Crippen molar-refractivity contribution in [2.45, 2.75) is 51.1 Å². The zero-order valence-electron chi connectivity index (χ0n) is 9.37. The van der Waals surface area contributed by atoms with Gasteiger partial charge in [-0.3, -0.25) is 0 Å². The van der Waals surface area contributed by atoms with E-state index in [2.05, 4.69) is 36.1 Å². The first kappa shape index (κ1) is 9.26. The molecule has 0 saturated carbocycles. The second-order valence-electron chi connectivity index (χ2n) is 4.99. The highest BCUT2D eigenvalue weighted by Crippen LogP contribution is 2.39. The summed E-state index contributed by atoms with van der Waals surface area (Å²) in [6.07, 6.45) is 7.02. The van der Waals surface area contributed by atoms with Gasteiger partial charge in [-0.15, -0.1) is 0 Å². The van der Waals surface area contributed by atoms with Crippen molar-refractivity contribution in [1.29, 1.82) is 0 Å². The van der Waals surface area contributed by atoms with Gasteiger partial charge in [-0.05, 0) is 62.8 Å². The number of fused-ring (bicyclic) bond motifs is 2. The van der Waals surface area contributed by atoms with Crippen LogP contribution in [0.3, 0.4) is 0 Å². The molecule has 2 unspecified atom stereocenters. The molecular weight excluding hydrogens is 182 g/mol. The molecule has 2 aliphatic rings. The molecule has 2 heterocycles. The van der Waals surface area contributed by atoms with Crippen molar-refractivity contribution in [2.75, 3.05) is 4.90 Å². The molecule has 0 spiro atoms. The Hall–Kier alpha value is -0.980. The largest absolute Gasteiger partial charge is 0.366 e. The van der Waals surface area contributed by atoms with Gasteiger partial charge in [-0.25, -0.2) is 0 Å². The van der Waals surface area contributed by atoms with E-state index in [1.165, 1.54) is 43.4 Å². The molecule has 0 aliphatic carbocycles. The fraction of sp³-hybridized carbons (Fsp3) is 0.571. The second kappa shape index (κ2) is 3.55. The maximum Gasteiger partial charge on any atom is 0.0380 e. The molecular formula is C14H18N. The summed E-state index contributed by atoms with van der Waals surface area (Å²) in [6, 6.07) is 11.4. The molecule has 1 heteroatoms. The Balaban J connectivity index is 1.93. The van der Waals surface area contributed by atoms with E-state index in [0.29, 0.717) is 0 Å². The van der Waals surface area contributed by atoms with Gasteiger partial charge in [0.15, 0.2) is 0 Å². The highest BCUT2D eigenvalue weighted by atomic mass is 15.2. The van der Waals surface area contributed by atoms with E-state index in [1.54, 1.807) is 0 Å². The minimum atomic E-state index is 0.818. The van der Waals surface area contributed by atoms with Crippen molar-refractivity contribution < 1.29 is 0 Å². The zero-order chi connectivity index (χ0) is 10.3. The second-order valence-corrected chi connectivity index (χ2v) is 4.99. The molecule has 2 bridgehead atoms. The number of nitrogens with zero attached hydrogens (tertiary/aromatic N) is 1. The van der Waals surface area contributed by atoms with Crippen molar-refractivity contribution in [3.63, 3.8) is 0 Å². The van der Waals surface area contributed by atoms with Crippen LogP contribution in [0.5, 0.6) is 0 Å². The maximum atomic E-state index is 3.25. The molecule has 1 aromatic carbocycles. The van der Waals surface area contributed by atoms with Crippen molar-refractivity contribution in [3.05, 3.63) is 29.8 Å². The normalized spacial score (nSPS) is 29.5. The first-order chi connectivity index (χ1) is 7.34. The number of piperidine rings is 1. The Bertz CT molecular complexity index is 342. The predicted molar refractivity (Wildman–Crippen MR) is 63.2 cm³/mol. The topological polar surface area (TPSA) is 3.24 Å². The summed E-state index contributed by atoms with van der Waals surface area (Å²) in [5.41, 5.74) is 2.74. The molecule has 2 aliphatic heterocycles. The zero-order valence-corrected chi connectivity index (χ0v) is 9.37. The van der Waals surface area contributed by atoms with E-state index in [4.69, 9.17) is 0 Å². The quantitative estimate of drug-likeness (QED) is 0.672. The van der Waals surface area contributed by atoms with Crippen molar-refractivity contribution in [3.8, 4) is 0 Å². The third-order valence-electron chi connectivity index (χ3n) is 3.91. The van der Waals surface area contributed by atoms with Crippen LogP contribution < -0.4 is 4.90 Å². The number of rotatable bonds is 1. The van der Waals surface area contributed by atoms with Crippen LogP contribution in [0.4, 0.5) is 5.69 Å². The Kier molecular flexibility index (Phi) is 2.19. The summed E-state index contributed by atoms with van der Waals surface area (Å²) in [6.45, 7) is 2.16. The standard InChI is InChI=1S/C14H18N/c1-11-4-2-7-14(10-11)15-12-5-3-6-13(15)9-8-12/h4,7,10,12-13H,3,5-6,8-9H2,1H3. The van der Waals surface area contributed by atoms with Crippen LogP contribution in [0.2, 0.25) is 0 Å². The fourth-order valence-electron chi connectivity index (χ4n) is 3.26. The highest BCUT2D eigenvalue weighted by Gasteiger charge is 2.36.